The molecule has 3 fully saturated rings. The van der Waals surface area contributed by atoms with Crippen LogP contribution < -0.4 is 5.32 Å². The van der Waals surface area contributed by atoms with E-state index in [1.165, 1.54) is 25.7 Å². The molecule has 0 aromatic rings. The largest absolute Gasteiger partial charge is 0.444 e. The molecule has 1 heterocycles. The molecule has 4 unspecified atom stereocenters. The number of rotatable bonds is 1. The van der Waals surface area contributed by atoms with Crippen molar-refractivity contribution in [3.05, 3.63) is 0 Å². The molecule has 0 aromatic carbocycles. The highest BCUT2D eigenvalue weighted by Gasteiger charge is 2.44. The molecule has 3 aliphatic rings. The molecule has 1 N–H and O–H groups in total. The maximum Gasteiger partial charge on any atom is 0.410 e. The van der Waals surface area contributed by atoms with Gasteiger partial charge in [-0.1, -0.05) is 6.42 Å². The van der Waals surface area contributed by atoms with E-state index in [9.17, 15) is 4.79 Å². The summed E-state index contributed by atoms with van der Waals surface area (Å²) in [6.45, 7) is 8.29. The Kier molecular flexibility index (Phi) is 3.69. The molecule has 20 heavy (non-hydrogen) atoms. The van der Waals surface area contributed by atoms with Gasteiger partial charge in [0.1, 0.15) is 5.60 Å². The zero-order valence-electron chi connectivity index (χ0n) is 13.0. The van der Waals surface area contributed by atoms with Crippen LogP contribution in [0.1, 0.15) is 46.5 Å². The minimum absolute atomic E-state index is 0.146. The van der Waals surface area contributed by atoms with Crippen LogP contribution in [0, 0.1) is 17.8 Å². The number of ether oxygens (including phenoxy) is 1. The molecule has 2 bridgehead atoms. The molecule has 0 aromatic heterocycles. The van der Waals surface area contributed by atoms with Gasteiger partial charge in [-0.25, -0.2) is 4.79 Å². The molecule has 1 amide bonds. The van der Waals surface area contributed by atoms with Crippen molar-refractivity contribution in [1.29, 1.82) is 0 Å². The summed E-state index contributed by atoms with van der Waals surface area (Å²) in [6.07, 6.45) is 5.48. The van der Waals surface area contributed by atoms with Gasteiger partial charge in [-0.2, -0.15) is 0 Å². The standard InChI is InChI=1S/C16H28N2O2/c1-16(2,3)20-15(19)18-7-6-17-14(10-18)13-9-11-4-5-12(13)8-11/h11-14,17H,4-10H2,1-3H3. The van der Waals surface area contributed by atoms with Crippen molar-refractivity contribution in [1.82, 2.24) is 10.2 Å². The zero-order valence-corrected chi connectivity index (χ0v) is 13.0. The van der Waals surface area contributed by atoms with Gasteiger partial charge in [0, 0.05) is 25.7 Å². The van der Waals surface area contributed by atoms with E-state index in [0.717, 1.165) is 37.4 Å². The Labute approximate surface area is 122 Å². The van der Waals surface area contributed by atoms with Crippen molar-refractivity contribution in [3.8, 4) is 0 Å². The molecular weight excluding hydrogens is 252 g/mol. The number of hydrogen-bond donors (Lipinski definition) is 1. The Morgan fingerprint density at radius 1 is 1.25 bits per heavy atom. The number of carbonyl (C=O) groups is 1. The molecule has 1 aliphatic heterocycles. The van der Waals surface area contributed by atoms with E-state index in [2.05, 4.69) is 5.32 Å². The van der Waals surface area contributed by atoms with Gasteiger partial charge in [-0.15, -0.1) is 0 Å². The van der Waals surface area contributed by atoms with E-state index in [1.807, 2.05) is 25.7 Å². The Hall–Kier alpha value is -0.770. The third-order valence-corrected chi connectivity index (χ3v) is 5.17. The maximum absolute atomic E-state index is 12.2. The number of carbonyl (C=O) groups excluding carboxylic acids is 1. The van der Waals surface area contributed by atoms with E-state index >= 15 is 0 Å². The van der Waals surface area contributed by atoms with Gasteiger partial charge >= 0.3 is 6.09 Å². The highest BCUT2D eigenvalue weighted by Crippen LogP contribution is 2.49. The molecule has 114 valence electrons. The highest BCUT2D eigenvalue weighted by atomic mass is 16.6. The number of fused-ring (bicyclic) bond motifs is 2. The molecule has 1 saturated heterocycles. The normalized spacial score (nSPS) is 37.2. The number of amides is 1. The predicted octanol–water partition coefficient (Wildman–Crippen LogP) is 2.63. The summed E-state index contributed by atoms with van der Waals surface area (Å²) in [4.78, 5) is 14.1. The van der Waals surface area contributed by atoms with Crippen LogP contribution >= 0.6 is 0 Å². The molecule has 4 nitrogen and oxygen atoms in total. The summed E-state index contributed by atoms with van der Waals surface area (Å²) >= 11 is 0. The van der Waals surface area contributed by atoms with Crippen LogP contribution in [-0.2, 0) is 4.74 Å². The third-order valence-electron chi connectivity index (χ3n) is 5.17. The second-order valence-corrected chi connectivity index (χ2v) is 7.83. The summed E-state index contributed by atoms with van der Waals surface area (Å²) in [7, 11) is 0. The number of nitrogens with zero attached hydrogens (tertiary/aromatic N) is 1. The van der Waals surface area contributed by atoms with E-state index in [1.54, 1.807) is 0 Å². The second-order valence-electron chi connectivity index (χ2n) is 7.83. The fourth-order valence-corrected chi connectivity index (χ4v) is 4.34. The lowest BCUT2D eigenvalue weighted by Gasteiger charge is -2.39. The van der Waals surface area contributed by atoms with Crippen LogP contribution in [-0.4, -0.2) is 42.3 Å². The van der Waals surface area contributed by atoms with Crippen molar-refractivity contribution in [2.24, 2.45) is 17.8 Å². The lowest BCUT2D eigenvalue weighted by molar-refractivity contribution is 0.0157. The van der Waals surface area contributed by atoms with Gasteiger partial charge in [0.15, 0.2) is 0 Å². The molecule has 0 spiro atoms. The Morgan fingerprint density at radius 2 is 2.05 bits per heavy atom. The van der Waals surface area contributed by atoms with Gasteiger partial charge in [0.2, 0.25) is 0 Å². The van der Waals surface area contributed by atoms with Crippen molar-refractivity contribution < 1.29 is 9.53 Å². The Bertz CT molecular complexity index is 377. The fraction of sp³-hybridized carbons (Fsp3) is 0.938. The van der Waals surface area contributed by atoms with E-state index in [-0.39, 0.29) is 6.09 Å². The van der Waals surface area contributed by atoms with Crippen LogP contribution in [0.3, 0.4) is 0 Å². The predicted molar refractivity (Wildman–Crippen MR) is 78.5 cm³/mol. The first-order valence-corrected chi connectivity index (χ1v) is 8.14. The van der Waals surface area contributed by atoms with Crippen LogP contribution in [0.15, 0.2) is 0 Å². The monoisotopic (exact) mass is 280 g/mol. The van der Waals surface area contributed by atoms with Crippen molar-refractivity contribution in [2.75, 3.05) is 19.6 Å². The van der Waals surface area contributed by atoms with Crippen LogP contribution in [0.5, 0.6) is 0 Å². The van der Waals surface area contributed by atoms with Gasteiger partial charge in [-0.05, 0) is 57.8 Å². The van der Waals surface area contributed by atoms with E-state index in [0.29, 0.717) is 6.04 Å². The lowest BCUT2D eigenvalue weighted by Crippen LogP contribution is -2.56. The molecule has 2 saturated carbocycles. The summed E-state index contributed by atoms with van der Waals surface area (Å²) in [5.74, 6) is 2.64. The SMILES string of the molecule is CC(C)(C)OC(=O)N1CCNC(C2CC3CCC2C3)C1. The zero-order chi connectivity index (χ0) is 14.3. The molecule has 3 rings (SSSR count). The first-order valence-electron chi connectivity index (χ1n) is 8.14. The highest BCUT2D eigenvalue weighted by molar-refractivity contribution is 5.68. The smallest absolute Gasteiger partial charge is 0.410 e. The Morgan fingerprint density at radius 3 is 2.65 bits per heavy atom. The van der Waals surface area contributed by atoms with Crippen LogP contribution in [0.25, 0.3) is 0 Å². The summed E-state index contributed by atoms with van der Waals surface area (Å²) in [5, 5.41) is 3.64. The number of hydrogen-bond acceptors (Lipinski definition) is 3. The topological polar surface area (TPSA) is 41.6 Å². The minimum Gasteiger partial charge on any atom is -0.444 e. The van der Waals surface area contributed by atoms with Gasteiger partial charge in [0.05, 0.1) is 0 Å². The van der Waals surface area contributed by atoms with Crippen molar-refractivity contribution in [3.63, 3.8) is 0 Å². The lowest BCUT2D eigenvalue weighted by atomic mass is 9.82. The van der Waals surface area contributed by atoms with Crippen LogP contribution in [0.4, 0.5) is 4.79 Å². The van der Waals surface area contributed by atoms with Gasteiger partial charge < -0.3 is 15.0 Å². The summed E-state index contributed by atoms with van der Waals surface area (Å²) in [6, 6.07) is 0.478. The third kappa shape index (κ3) is 2.95. The molecule has 4 atom stereocenters. The minimum atomic E-state index is -0.399. The first-order chi connectivity index (χ1) is 9.42. The van der Waals surface area contributed by atoms with E-state index < -0.39 is 5.60 Å². The molecule has 2 aliphatic carbocycles. The summed E-state index contributed by atoms with van der Waals surface area (Å²) in [5.41, 5.74) is -0.399. The van der Waals surface area contributed by atoms with E-state index in [4.69, 9.17) is 4.74 Å². The van der Waals surface area contributed by atoms with Crippen molar-refractivity contribution >= 4 is 6.09 Å². The summed E-state index contributed by atoms with van der Waals surface area (Å²) < 4.78 is 5.51. The van der Waals surface area contributed by atoms with Gasteiger partial charge in [0.25, 0.3) is 0 Å². The molecule has 0 radical (unpaired) electrons. The number of nitrogens with one attached hydrogen (secondary N) is 1. The maximum atomic E-state index is 12.2. The first kappa shape index (κ1) is 14.2. The average Bonchev–Trinajstić information content (AvgIpc) is 2.99. The van der Waals surface area contributed by atoms with Crippen molar-refractivity contribution in [2.45, 2.75) is 58.1 Å². The second kappa shape index (κ2) is 5.21. The fourth-order valence-electron chi connectivity index (χ4n) is 4.34. The number of piperazine rings is 1. The molecular formula is C16H28N2O2. The Balaban J connectivity index is 1.58. The average molecular weight is 280 g/mol. The quantitative estimate of drug-likeness (QED) is 0.803. The molecule has 4 heteroatoms. The van der Waals surface area contributed by atoms with Crippen LogP contribution in [0.2, 0.25) is 0 Å². The van der Waals surface area contributed by atoms with Gasteiger partial charge in [-0.3, -0.25) is 0 Å².